The van der Waals surface area contributed by atoms with Crippen LogP contribution >= 0.6 is 0 Å². The molecule has 2 heterocycles. The van der Waals surface area contributed by atoms with Crippen LogP contribution in [0, 0.1) is 0 Å². The molecule has 0 bridgehead atoms. The standard InChI is InChI=1S/C16H20N4O2/c1-19(2)5-6-20-9-14(8-17-20)16(21)18-15-4-3-12-10-22-11-13(12)7-15/h3-4,7-9H,5-6,10-11H2,1-2H3,(H,18,21). The number of fused-ring (bicyclic) bond motifs is 1. The number of nitrogens with one attached hydrogen (secondary N) is 1. The second-order valence-corrected chi connectivity index (χ2v) is 5.73. The number of carbonyl (C=O) groups excluding carboxylic acids is 1. The molecule has 2 aromatic rings. The Kier molecular flexibility index (Phi) is 4.22. The third-order valence-electron chi connectivity index (χ3n) is 3.65. The van der Waals surface area contributed by atoms with Crippen molar-refractivity contribution in [1.29, 1.82) is 0 Å². The summed E-state index contributed by atoms with van der Waals surface area (Å²) in [5.41, 5.74) is 3.68. The van der Waals surface area contributed by atoms with Crippen molar-refractivity contribution in [3.05, 3.63) is 47.3 Å². The fourth-order valence-electron chi connectivity index (χ4n) is 2.36. The number of hydrogen-bond acceptors (Lipinski definition) is 4. The number of rotatable bonds is 5. The molecular weight excluding hydrogens is 280 g/mol. The van der Waals surface area contributed by atoms with Gasteiger partial charge in [0.1, 0.15) is 0 Å². The Morgan fingerprint density at radius 3 is 3.00 bits per heavy atom. The lowest BCUT2D eigenvalue weighted by atomic mass is 10.1. The van der Waals surface area contributed by atoms with Crippen molar-refractivity contribution in [2.45, 2.75) is 19.8 Å². The molecule has 0 saturated heterocycles. The quantitative estimate of drug-likeness (QED) is 0.913. The lowest BCUT2D eigenvalue weighted by Gasteiger charge is -2.08. The summed E-state index contributed by atoms with van der Waals surface area (Å²) >= 11 is 0. The van der Waals surface area contributed by atoms with E-state index in [-0.39, 0.29) is 5.91 Å². The maximum atomic E-state index is 12.3. The fourth-order valence-corrected chi connectivity index (χ4v) is 2.36. The van der Waals surface area contributed by atoms with E-state index < -0.39 is 0 Å². The molecule has 3 rings (SSSR count). The van der Waals surface area contributed by atoms with Gasteiger partial charge in [-0.2, -0.15) is 5.10 Å². The van der Waals surface area contributed by atoms with Gasteiger partial charge in [-0.05, 0) is 37.4 Å². The lowest BCUT2D eigenvalue weighted by Crippen LogP contribution is -2.18. The van der Waals surface area contributed by atoms with E-state index in [1.54, 1.807) is 17.1 Å². The highest BCUT2D eigenvalue weighted by atomic mass is 16.5. The second-order valence-electron chi connectivity index (χ2n) is 5.73. The smallest absolute Gasteiger partial charge is 0.258 e. The van der Waals surface area contributed by atoms with Crippen molar-refractivity contribution in [2.75, 3.05) is 26.0 Å². The zero-order valence-electron chi connectivity index (χ0n) is 12.9. The van der Waals surface area contributed by atoms with Crippen LogP contribution in [0.15, 0.2) is 30.6 Å². The van der Waals surface area contributed by atoms with E-state index in [4.69, 9.17) is 4.74 Å². The second kappa shape index (κ2) is 6.29. The minimum absolute atomic E-state index is 0.144. The maximum absolute atomic E-state index is 12.3. The van der Waals surface area contributed by atoms with Crippen LogP contribution in [0.2, 0.25) is 0 Å². The first-order valence-corrected chi connectivity index (χ1v) is 7.30. The number of aromatic nitrogens is 2. The predicted molar refractivity (Wildman–Crippen MR) is 83.7 cm³/mol. The van der Waals surface area contributed by atoms with E-state index in [2.05, 4.69) is 15.3 Å². The number of anilines is 1. The average Bonchev–Trinajstić information content (AvgIpc) is 3.13. The molecule has 0 fully saturated rings. The summed E-state index contributed by atoms with van der Waals surface area (Å²) in [5, 5.41) is 7.13. The molecule has 0 unspecified atom stereocenters. The molecule has 1 amide bonds. The van der Waals surface area contributed by atoms with Crippen molar-refractivity contribution in [3.63, 3.8) is 0 Å². The first-order chi connectivity index (χ1) is 10.6. The van der Waals surface area contributed by atoms with Gasteiger partial charge < -0.3 is 15.0 Å². The highest BCUT2D eigenvalue weighted by molar-refractivity contribution is 6.04. The van der Waals surface area contributed by atoms with Crippen molar-refractivity contribution in [3.8, 4) is 0 Å². The Bertz CT molecular complexity index is 679. The largest absolute Gasteiger partial charge is 0.372 e. The number of likely N-dealkylation sites (N-methyl/N-ethyl adjacent to an activating group) is 1. The Morgan fingerprint density at radius 1 is 1.36 bits per heavy atom. The van der Waals surface area contributed by atoms with Gasteiger partial charge in [0.2, 0.25) is 0 Å². The third-order valence-corrected chi connectivity index (χ3v) is 3.65. The summed E-state index contributed by atoms with van der Waals surface area (Å²) in [4.78, 5) is 14.3. The minimum Gasteiger partial charge on any atom is -0.372 e. The maximum Gasteiger partial charge on any atom is 0.258 e. The van der Waals surface area contributed by atoms with E-state index in [1.165, 1.54) is 5.56 Å². The summed E-state index contributed by atoms with van der Waals surface area (Å²) in [7, 11) is 4.02. The van der Waals surface area contributed by atoms with Gasteiger partial charge in [-0.3, -0.25) is 9.48 Å². The Labute approximate surface area is 129 Å². The van der Waals surface area contributed by atoms with E-state index in [9.17, 15) is 4.79 Å². The molecule has 116 valence electrons. The summed E-state index contributed by atoms with van der Waals surface area (Å²) in [5.74, 6) is -0.144. The molecule has 0 aliphatic carbocycles. The van der Waals surface area contributed by atoms with E-state index in [0.29, 0.717) is 18.8 Å². The normalized spacial score (nSPS) is 13.4. The molecule has 1 aromatic heterocycles. The molecule has 6 nitrogen and oxygen atoms in total. The number of amides is 1. The summed E-state index contributed by atoms with van der Waals surface area (Å²) < 4.78 is 7.16. The van der Waals surface area contributed by atoms with Gasteiger partial charge >= 0.3 is 0 Å². The third kappa shape index (κ3) is 3.35. The highest BCUT2D eigenvalue weighted by Gasteiger charge is 2.13. The van der Waals surface area contributed by atoms with Crippen molar-refractivity contribution in [2.24, 2.45) is 0 Å². The number of nitrogens with zero attached hydrogens (tertiary/aromatic N) is 3. The van der Waals surface area contributed by atoms with Crippen LogP contribution in [0.1, 0.15) is 21.5 Å². The summed E-state index contributed by atoms with van der Waals surface area (Å²) in [6, 6.07) is 5.87. The van der Waals surface area contributed by atoms with Gasteiger partial charge in [0.05, 0.1) is 31.5 Å². The Morgan fingerprint density at radius 2 is 2.18 bits per heavy atom. The molecule has 1 aliphatic rings. The zero-order valence-corrected chi connectivity index (χ0v) is 12.9. The minimum atomic E-state index is -0.144. The monoisotopic (exact) mass is 300 g/mol. The van der Waals surface area contributed by atoms with Gasteiger partial charge in [0.25, 0.3) is 5.91 Å². The molecule has 0 atom stereocenters. The zero-order chi connectivity index (χ0) is 15.5. The summed E-state index contributed by atoms with van der Waals surface area (Å²) in [6.07, 6.45) is 3.37. The molecular formula is C16H20N4O2. The van der Waals surface area contributed by atoms with Crippen LogP contribution in [-0.2, 0) is 24.5 Å². The van der Waals surface area contributed by atoms with Gasteiger partial charge in [0.15, 0.2) is 0 Å². The van der Waals surface area contributed by atoms with Crippen LogP contribution in [0.4, 0.5) is 5.69 Å². The highest BCUT2D eigenvalue weighted by Crippen LogP contribution is 2.23. The lowest BCUT2D eigenvalue weighted by molar-refractivity contribution is 0.102. The molecule has 1 aliphatic heterocycles. The summed E-state index contributed by atoms with van der Waals surface area (Å²) in [6.45, 7) is 2.91. The van der Waals surface area contributed by atoms with Crippen molar-refractivity contribution in [1.82, 2.24) is 14.7 Å². The van der Waals surface area contributed by atoms with Gasteiger partial charge in [0, 0.05) is 18.4 Å². The van der Waals surface area contributed by atoms with Crippen LogP contribution in [0.5, 0.6) is 0 Å². The van der Waals surface area contributed by atoms with E-state index >= 15 is 0 Å². The van der Waals surface area contributed by atoms with Gasteiger partial charge in [-0.25, -0.2) is 0 Å². The molecule has 6 heteroatoms. The van der Waals surface area contributed by atoms with Crippen LogP contribution in [0.3, 0.4) is 0 Å². The first-order valence-electron chi connectivity index (χ1n) is 7.30. The number of ether oxygens (including phenoxy) is 1. The Hall–Kier alpha value is -2.18. The van der Waals surface area contributed by atoms with Gasteiger partial charge in [-0.1, -0.05) is 6.07 Å². The number of carbonyl (C=O) groups is 1. The fraction of sp³-hybridized carbons (Fsp3) is 0.375. The molecule has 1 N–H and O–H groups in total. The topological polar surface area (TPSA) is 59.4 Å². The van der Waals surface area contributed by atoms with Crippen LogP contribution in [0.25, 0.3) is 0 Å². The molecule has 0 spiro atoms. The molecule has 0 saturated carbocycles. The van der Waals surface area contributed by atoms with E-state index in [0.717, 1.165) is 24.3 Å². The molecule has 1 aromatic carbocycles. The Balaban J connectivity index is 1.64. The molecule has 22 heavy (non-hydrogen) atoms. The molecule has 0 radical (unpaired) electrons. The van der Waals surface area contributed by atoms with Crippen molar-refractivity contribution < 1.29 is 9.53 Å². The van der Waals surface area contributed by atoms with Gasteiger partial charge in [-0.15, -0.1) is 0 Å². The predicted octanol–water partition coefficient (Wildman–Crippen LogP) is 1.73. The average molecular weight is 300 g/mol. The first kappa shape index (κ1) is 14.7. The van der Waals surface area contributed by atoms with E-state index in [1.807, 2.05) is 32.3 Å². The SMILES string of the molecule is CN(C)CCn1cc(C(=O)Nc2ccc3c(c2)COC3)cn1. The van der Waals surface area contributed by atoms with Crippen LogP contribution in [-0.4, -0.2) is 41.2 Å². The van der Waals surface area contributed by atoms with Crippen molar-refractivity contribution >= 4 is 11.6 Å². The number of benzene rings is 1. The number of hydrogen-bond donors (Lipinski definition) is 1. The van der Waals surface area contributed by atoms with Crippen LogP contribution < -0.4 is 5.32 Å².